The zero-order chi connectivity index (χ0) is 12.4. The van der Waals surface area contributed by atoms with Gasteiger partial charge in [0.1, 0.15) is 11.5 Å². The van der Waals surface area contributed by atoms with E-state index in [1.807, 2.05) is 6.92 Å². The Morgan fingerprint density at radius 3 is 3.00 bits per heavy atom. The molecule has 0 aliphatic heterocycles. The number of rotatable bonds is 3. The molecule has 1 aromatic heterocycles. The van der Waals surface area contributed by atoms with Crippen LogP contribution in [0.1, 0.15) is 17.4 Å². The molecular weight excluding hydrogens is 221 g/mol. The molecule has 90 valence electrons. The third kappa shape index (κ3) is 2.45. The molecule has 0 radical (unpaired) electrons. The fourth-order valence-electron chi connectivity index (χ4n) is 1.59. The number of nitrogens with one attached hydrogen (secondary N) is 2. The Bertz CT molecular complexity index is 550. The van der Waals surface area contributed by atoms with Crippen LogP contribution in [-0.4, -0.2) is 23.5 Å². The highest BCUT2D eigenvalue weighted by atomic mass is 19.1. The van der Waals surface area contributed by atoms with Crippen LogP contribution in [0.4, 0.5) is 4.39 Å². The number of aromatic nitrogens is 1. The van der Waals surface area contributed by atoms with E-state index in [1.165, 1.54) is 12.1 Å². The first-order chi connectivity index (χ1) is 8.10. The van der Waals surface area contributed by atoms with Crippen molar-refractivity contribution in [1.29, 1.82) is 0 Å². The fraction of sp³-hybridized carbons (Fsp3) is 0.250. The van der Waals surface area contributed by atoms with E-state index in [1.54, 1.807) is 12.1 Å². The second kappa shape index (κ2) is 4.55. The Hall–Kier alpha value is -1.88. The second-order valence-corrected chi connectivity index (χ2v) is 4.02. The van der Waals surface area contributed by atoms with E-state index >= 15 is 0 Å². The van der Waals surface area contributed by atoms with Crippen molar-refractivity contribution >= 4 is 16.8 Å². The second-order valence-electron chi connectivity index (χ2n) is 4.02. The standard InChI is InChI=1S/C12H14FN3O/c1-7(6-14)15-12(17)11-5-8-4-9(13)2-3-10(8)16-11/h2-5,7,16H,6,14H2,1H3,(H,15,17). The number of aromatic amines is 1. The highest BCUT2D eigenvalue weighted by Gasteiger charge is 2.11. The SMILES string of the molecule is CC(CN)NC(=O)c1cc2cc(F)ccc2[nH]1. The number of halogens is 1. The van der Waals surface area contributed by atoms with Crippen molar-refractivity contribution in [3.63, 3.8) is 0 Å². The molecule has 4 nitrogen and oxygen atoms in total. The Morgan fingerprint density at radius 1 is 1.53 bits per heavy atom. The van der Waals surface area contributed by atoms with Gasteiger partial charge >= 0.3 is 0 Å². The molecule has 4 N–H and O–H groups in total. The summed E-state index contributed by atoms with van der Waals surface area (Å²) in [4.78, 5) is 14.7. The Morgan fingerprint density at radius 2 is 2.29 bits per heavy atom. The summed E-state index contributed by atoms with van der Waals surface area (Å²) in [5.74, 6) is -0.557. The highest BCUT2D eigenvalue weighted by molar-refractivity contribution is 5.98. The molecule has 5 heteroatoms. The lowest BCUT2D eigenvalue weighted by Gasteiger charge is -2.09. The molecule has 0 aliphatic carbocycles. The van der Waals surface area contributed by atoms with E-state index in [2.05, 4.69) is 10.3 Å². The lowest BCUT2D eigenvalue weighted by molar-refractivity contribution is 0.0937. The number of nitrogens with two attached hydrogens (primary N) is 1. The first-order valence-electron chi connectivity index (χ1n) is 5.39. The number of fused-ring (bicyclic) bond motifs is 1. The number of amides is 1. The van der Waals surface area contributed by atoms with Crippen molar-refractivity contribution in [3.8, 4) is 0 Å². The van der Waals surface area contributed by atoms with Gasteiger partial charge in [-0.25, -0.2) is 4.39 Å². The summed E-state index contributed by atoms with van der Waals surface area (Å²) < 4.78 is 13.0. The van der Waals surface area contributed by atoms with Gasteiger partial charge in [-0.1, -0.05) is 0 Å². The van der Waals surface area contributed by atoms with Crippen molar-refractivity contribution in [2.45, 2.75) is 13.0 Å². The van der Waals surface area contributed by atoms with Crippen molar-refractivity contribution in [1.82, 2.24) is 10.3 Å². The van der Waals surface area contributed by atoms with Gasteiger partial charge in [-0.15, -0.1) is 0 Å². The van der Waals surface area contributed by atoms with Crippen LogP contribution < -0.4 is 11.1 Å². The zero-order valence-electron chi connectivity index (χ0n) is 9.46. The fourth-order valence-corrected chi connectivity index (χ4v) is 1.59. The minimum absolute atomic E-state index is 0.0920. The number of carbonyl (C=O) groups is 1. The van der Waals surface area contributed by atoms with E-state index in [4.69, 9.17) is 5.73 Å². The monoisotopic (exact) mass is 235 g/mol. The van der Waals surface area contributed by atoms with Crippen molar-refractivity contribution in [2.75, 3.05) is 6.54 Å². The quantitative estimate of drug-likeness (QED) is 0.752. The summed E-state index contributed by atoms with van der Waals surface area (Å²) >= 11 is 0. The van der Waals surface area contributed by atoms with Crippen LogP contribution in [-0.2, 0) is 0 Å². The van der Waals surface area contributed by atoms with Gasteiger partial charge in [0.05, 0.1) is 0 Å². The Kier molecular flexibility index (Phi) is 3.10. The van der Waals surface area contributed by atoms with Gasteiger partial charge in [-0.2, -0.15) is 0 Å². The summed E-state index contributed by atoms with van der Waals surface area (Å²) in [6.45, 7) is 2.20. The van der Waals surface area contributed by atoms with Crippen molar-refractivity contribution in [3.05, 3.63) is 35.8 Å². The van der Waals surface area contributed by atoms with Gasteiger partial charge in [-0.3, -0.25) is 4.79 Å². The van der Waals surface area contributed by atoms with Crippen LogP contribution in [0.15, 0.2) is 24.3 Å². The van der Waals surface area contributed by atoms with Gasteiger partial charge in [-0.05, 0) is 31.2 Å². The number of hydrogen-bond donors (Lipinski definition) is 3. The molecule has 0 spiro atoms. The van der Waals surface area contributed by atoms with E-state index in [9.17, 15) is 9.18 Å². The molecule has 0 bridgehead atoms. The van der Waals surface area contributed by atoms with Crippen LogP contribution in [0, 0.1) is 5.82 Å². The molecule has 1 heterocycles. The minimum atomic E-state index is -0.321. The topological polar surface area (TPSA) is 70.9 Å². The number of H-pyrrole nitrogens is 1. The van der Waals surface area contributed by atoms with Crippen LogP contribution >= 0.6 is 0 Å². The molecule has 0 aliphatic rings. The van der Waals surface area contributed by atoms with Gasteiger partial charge in [0.2, 0.25) is 0 Å². The molecule has 1 unspecified atom stereocenters. The van der Waals surface area contributed by atoms with Crippen LogP contribution in [0.5, 0.6) is 0 Å². The number of carbonyl (C=O) groups excluding carboxylic acids is 1. The summed E-state index contributed by atoms with van der Waals surface area (Å²) in [5.41, 5.74) is 6.56. The summed E-state index contributed by atoms with van der Waals surface area (Å²) in [5, 5.41) is 3.41. The molecule has 2 aromatic rings. The van der Waals surface area contributed by atoms with Crippen molar-refractivity contribution < 1.29 is 9.18 Å². The molecule has 0 fully saturated rings. The normalized spacial score (nSPS) is 12.6. The van der Waals surface area contributed by atoms with Gasteiger partial charge in [0.25, 0.3) is 5.91 Å². The van der Waals surface area contributed by atoms with E-state index in [-0.39, 0.29) is 17.8 Å². The first-order valence-corrected chi connectivity index (χ1v) is 5.39. The predicted octanol–water partition coefficient (Wildman–Crippen LogP) is 1.38. The molecule has 17 heavy (non-hydrogen) atoms. The maximum atomic E-state index is 13.0. The molecular formula is C12H14FN3O. The smallest absolute Gasteiger partial charge is 0.267 e. The Labute approximate surface area is 98.0 Å². The van der Waals surface area contributed by atoms with Gasteiger partial charge < -0.3 is 16.0 Å². The van der Waals surface area contributed by atoms with Crippen LogP contribution in [0.25, 0.3) is 10.9 Å². The third-order valence-electron chi connectivity index (χ3n) is 2.56. The first kappa shape index (κ1) is 11.6. The summed E-state index contributed by atoms with van der Waals surface area (Å²) in [7, 11) is 0. The predicted molar refractivity (Wildman–Crippen MR) is 64.2 cm³/mol. The average Bonchev–Trinajstić information content (AvgIpc) is 2.71. The number of benzene rings is 1. The maximum Gasteiger partial charge on any atom is 0.267 e. The molecule has 0 saturated heterocycles. The van der Waals surface area contributed by atoms with Crippen molar-refractivity contribution in [2.24, 2.45) is 5.73 Å². The van der Waals surface area contributed by atoms with Gasteiger partial charge in [0, 0.05) is 23.5 Å². The molecule has 1 aromatic carbocycles. The lowest BCUT2D eigenvalue weighted by Crippen LogP contribution is -2.37. The van der Waals surface area contributed by atoms with E-state index in [0.717, 1.165) is 5.52 Å². The number of hydrogen-bond acceptors (Lipinski definition) is 2. The molecule has 2 rings (SSSR count). The van der Waals surface area contributed by atoms with Crippen LogP contribution in [0.3, 0.4) is 0 Å². The molecule has 1 amide bonds. The Balaban J connectivity index is 2.27. The summed E-state index contributed by atoms with van der Waals surface area (Å²) in [6, 6.07) is 5.87. The molecule has 0 saturated carbocycles. The summed E-state index contributed by atoms with van der Waals surface area (Å²) in [6.07, 6.45) is 0. The minimum Gasteiger partial charge on any atom is -0.351 e. The maximum absolute atomic E-state index is 13.0. The molecule has 1 atom stereocenters. The average molecular weight is 235 g/mol. The third-order valence-corrected chi connectivity index (χ3v) is 2.56. The van der Waals surface area contributed by atoms with E-state index in [0.29, 0.717) is 17.6 Å². The van der Waals surface area contributed by atoms with Gasteiger partial charge in [0.15, 0.2) is 0 Å². The highest BCUT2D eigenvalue weighted by Crippen LogP contribution is 2.16. The lowest BCUT2D eigenvalue weighted by atomic mass is 10.2. The largest absolute Gasteiger partial charge is 0.351 e. The van der Waals surface area contributed by atoms with Crippen LogP contribution in [0.2, 0.25) is 0 Å². The van der Waals surface area contributed by atoms with E-state index < -0.39 is 0 Å². The zero-order valence-corrected chi connectivity index (χ0v) is 9.46.